The van der Waals surface area contributed by atoms with E-state index in [0.717, 1.165) is 71.6 Å². The molecule has 3 heterocycles. The maximum Gasteiger partial charge on any atom is 0.227 e. The first-order valence-corrected chi connectivity index (χ1v) is 16.5. The zero-order valence-corrected chi connectivity index (χ0v) is 26.6. The van der Waals surface area contributed by atoms with Gasteiger partial charge in [-0.25, -0.2) is 19.9 Å². The quantitative estimate of drug-likeness (QED) is 0.186. The Hall–Kier alpha value is -6.92. The van der Waals surface area contributed by atoms with E-state index in [4.69, 9.17) is 28.8 Å². The van der Waals surface area contributed by atoms with E-state index < -0.39 is 0 Å². The van der Waals surface area contributed by atoms with Gasteiger partial charge in [0.15, 0.2) is 23.1 Å². The summed E-state index contributed by atoms with van der Waals surface area (Å²) in [4.78, 5) is 20.2. The molecule has 3 aromatic heterocycles. The van der Waals surface area contributed by atoms with Crippen LogP contribution >= 0.6 is 0 Å². The first-order chi connectivity index (χ1) is 24.8. The Morgan fingerprint density at radius 3 is 1.68 bits per heavy atom. The van der Waals surface area contributed by atoms with E-state index in [9.17, 15) is 0 Å². The summed E-state index contributed by atoms with van der Waals surface area (Å²) < 4.78 is 12.7. The molecule has 50 heavy (non-hydrogen) atoms. The molecule has 0 radical (unpaired) electrons. The van der Waals surface area contributed by atoms with Crippen molar-refractivity contribution in [1.29, 1.82) is 0 Å². The zero-order chi connectivity index (χ0) is 33.0. The first-order valence-electron chi connectivity index (χ1n) is 16.5. The van der Waals surface area contributed by atoms with Crippen LogP contribution in [0.2, 0.25) is 0 Å². The van der Waals surface area contributed by atoms with Gasteiger partial charge in [-0.1, -0.05) is 121 Å². The van der Waals surface area contributed by atoms with Gasteiger partial charge in [-0.3, -0.25) is 0 Å². The SMILES string of the molecule is c1ccc(-c2nc(-c3ccc4ccc5oc6ccc7oc(-c8ccccc8)nc7c6c5c4c3)nc(-c3ccccc3-c3ccccc3)n2)cc1. The average molecular weight is 643 g/mol. The topological polar surface area (TPSA) is 77.8 Å². The molecule has 0 spiro atoms. The van der Waals surface area contributed by atoms with E-state index in [1.807, 2.05) is 109 Å². The number of furan rings is 1. The standard InChI is InChI=1S/C44H26N4O2/c1-4-12-27(13-5-1)32-18-10-11-19-33(32)43-47-41(29-14-6-2-7-15-29)46-42(48-43)31-21-20-28-22-23-35-38(34(28)26-31)39-36(49-35)24-25-37-40(39)45-44(50-37)30-16-8-3-9-17-30/h1-26H. The van der Waals surface area contributed by atoms with E-state index in [1.165, 1.54) is 0 Å². The minimum absolute atomic E-state index is 0.574. The molecule has 7 aromatic carbocycles. The third-order valence-electron chi connectivity index (χ3n) is 9.17. The van der Waals surface area contributed by atoms with Crippen molar-refractivity contribution in [1.82, 2.24) is 19.9 Å². The molecule has 6 nitrogen and oxygen atoms in total. The third-order valence-corrected chi connectivity index (χ3v) is 9.17. The molecule has 0 bridgehead atoms. The highest BCUT2D eigenvalue weighted by Gasteiger charge is 2.20. The van der Waals surface area contributed by atoms with Crippen LogP contribution in [0.4, 0.5) is 0 Å². The molecule has 0 unspecified atom stereocenters. The molecule has 6 heteroatoms. The van der Waals surface area contributed by atoms with Crippen molar-refractivity contribution in [3.8, 4) is 56.7 Å². The fourth-order valence-electron chi connectivity index (χ4n) is 6.80. The molecule has 0 saturated carbocycles. The lowest BCUT2D eigenvalue weighted by Crippen LogP contribution is -2.01. The van der Waals surface area contributed by atoms with Crippen LogP contribution < -0.4 is 0 Å². The summed E-state index contributed by atoms with van der Waals surface area (Å²) in [5.41, 5.74) is 8.81. The largest absolute Gasteiger partial charge is 0.456 e. The summed E-state index contributed by atoms with van der Waals surface area (Å²) in [5, 5.41) is 3.98. The number of fused-ring (bicyclic) bond motifs is 7. The van der Waals surface area contributed by atoms with Gasteiger partial charge in [0.2, 0.25) is 5.89 Å². The second-order valence-electron chi connectivity index (χ2n) is 12.2. The van der Waals surface area contributed by atoms with Crippen molar-refractivity contribution < 1.29 is 8.83 Å². The fourth-order valence-corrected chi connectivity index (χ4v) is 6.80. The van der Waals surface area contributed by atoms with Crippen LogP contribution in [-0.4, -0.2) is 19.9 Å². The van der Waals surface area contributed by atoms with Gasteiger partial charge in [0, 0.05) is 27.6 Å². The Labute approximate surface area is 286 Å². The molecule has 10 aromatic rings. The molecule has 0 aliphatic rings. The number of aromatic nitrogens is 4. The van der Waals surface area contributed by atoms with Crippen LogP contribution in [0.3, 0.4) is 0 Å². The maximum absolute atomic E-state index is 6.42. The van der Waals surface area contributed by atoms with E-state index in [2.05, 4.69) is 48.5 Å². The highest BCUT2D eigenvalue weighted by Crippen LogP contribution is 2.41. The highest BCUT2D eigenvalue weighted by molar-refractivity contribution is 6.25. The Morgan fingerprint density at radius 2 is 0.920 bits per heavy atom. The molecular weight excluding hydrogens is 617 g/mol. The summed E-state index contributed by atoms with van der Waals surface area (Å²) in [7, 11) is 0. The molecule has 10 rings (SSSR count). The van der Waals surface area contributed by atoms with Crippen molar-refractivity contribution in [3.05, 3.63) is 158 Å². The van der Waals surface area contributed by atoms with E-state index >= 15 is 0 Å². The third kappa shape index (κ3) is 4.65. The molecule has 0 saturated heterocycles. The predicted octanol–water partition coefficient (Wildman–Crippen LogP) is 11.4. The van der Waals surface area contributed by atoms with Gasteiger partial charge < -0.3 is 8.83 Å². The van der Waals surface area contributed by atoms with Gasteiger partial charge in [-0.05, 0) is 58.3 Å². The normalized spacial score (nSPS) is 11.6. The zero-order valence-electron chi connectivity index (χ0n) is 26.6. The first kappa shape index (κ1) is 28.1. The van der Waals surface area contributed by atoms with Crippen LogP contribution in [0.25, 0.3) is 101 Å². The molecule has 0 fully saturated rings. The van der Waals surface area contributed by atoms with Crippen LogP contribution in [0.15, 0.2) is 167 Å². The van der Waals surface area contributed by atoms with Crippen LogP contribution in [0.1, 0.15) is 0 Å². The van der Waals surface area contributed by atoms with Gasteiger partial charge in [0.1, 0.15) is 16.7 Å². The van der Waals surface area contributed by atoms with Gasteiger partial charge in [-0.2, -0.15) is 0 Å². The lowest BCUT2D eigenvalue weighted by Gasteiger charge is -2.12. The smallest absolute Gasteiger partial charge is 0.227 e. The monoisotopic (exact) mass is 642 g/mol. The molecule has 0 amide bonds. The summed E-state index contributed by atoms with van der Waals surface area (Å²) in [6.07, 6.45) is 0. The molecular formula is C44H26N4O2. The van der Waals surface area contributed by atoms with Crippen molar-refractivity contribution in [2.75, 3.05) is 0 Å². The fraction of sp³-hybridized carbons (Fsp3) is 0. The summed E-state index contributed by atoms with van der Waals surface area (Å²) in [5.74, 6) is 2.38. The predicted molar refractivity (Wildman–Crippen MR) is 199 cm³/mol. The minimum atomic E-state index is 0.574. The highest BCUT2D eigenvalue weighted by atomic mass is 16.4. The Bertz CT molecular complexity index is 2860. The molecule has 0 aliphatic heterocycles. The Kier molecular flexibility index (Phi) is 6.39. The van der Waals surface area contributed by atoms with Crippen LogP contribution in [-0.2, 0) is 0 Å². The summed E-state index contributed by atoms with van der Waals surface area (Å²) in [6.45, 7) is 0. The van der Waals surface area contributed by atoms with E-state index in [1.54, 1.807) is 0 Å². The number of hydrogen-bond donors (Lipinski definition) is 0. The molecule has 0 atom stereocenters. The number of hydrogen-bond acceptors (Lipinski definition) is 6. The number of nitrogens with zero attached hydrogens (tertiary/aromatic N) is 4. The summed E-state index contributed by atoms with van der Waals surface area (Å²) in [6, 6.07) is 52.9. The van der Waals surface area contributed by atoms with Gasteiger partial charge in [-0.15, -0.1) is 0 Å². The summed E-state index contributed by atoms with van der Waals surface area (Å²) >= 11 is 0. The van der Waals surface area contributed by atoms with Crippen molar-refractivity contribution in [2.24, 2.45) is 0 Å². The number of rotatable bonds is 5. The average Bonchev–Trinajstić information content (AvgIpc) is 3.81. The van der Waals surface area contributed by atoms with Crippen molar-refractivity contribution >= 4 is 43.8 Å². The van der Waals surface area contributed by atoms with Gasteiger partial charge >= 0.3 is 0 Å². The number of benzene rings is 7. The van der Waals surface area contributed by atoms with E-state index in [-0.39, 0.29) is 0 Å². The molecule has 234 valence electrons. The van der Waals surface area contributed by atoms with Crippen molar-refractivity contribution in [2.45, 2.75) is 0 Å². The Morgan fingerprint density at radius 1 is 0.360 bits per heavy atom. The second-order valence-corrected chi connectivity index (χ2v) is 12.2. The minimum Gasteiger partial charge on any atom is -0.456 e. The van der Waals surface area contributed by atoms with Crippen molar-refractivity contribution in [3.63, 3.8) is 0 Å². The maximum atomic E-state index is 6.42. The lowest BCUT2D eigenvalue weighted by molar-refractivity contribution is 0.619. The van der Waals surface area contributed by atoms with Gasteiger partial charge in [0.25, 0.3) is 0 Å². The van der Waals surface area contributed by atoms with E-state index in [0.29, 0.717) is 28.9 Å². The number of oxazole rings is 1. The lowest BCUT2D eigenvalue weighted by atomic mass is 9.99. The van der Waals surface area contributed by atoms with Crippen LogP contribution in [0.5, 0.6) is 0 Å². The Balaban J connectivity index is 1.21. The molecule has 0 aliphatic carbocycles. The second kappa shape index (κ2) is 11.4. The molecule has 0 N–H and O–H groups in total. The van der Waals surface area contributed by atoms with Crippen LogP contribution in [0, 0.1) is 0 Å². The van der Waals surface area contributed by atoms with Gasteiger partial charge in [0.05, 0.1) is 5.39 Å².